The number of hydrogen-bond donors (Lipinski definition) is 0. The lowest BCUT2D eigenvalue weighted by Gasteiger charge is -2.26. The Balaban J connectivity index is 1.95. The minimum absolute atomic E-state index is 0.0959. The van der Waals surface area contributed by atoms with Crippen LogP contribution in [0.3, 0.4) is 0 Å². The third kappa shape index (κ3) is 3.09. The van der Waals surface area contributed by atoms with Crippen molar-refractivity contribution >= 4 is 40.1 Å². The monoisotopic (exact) mass is 416 g/mol. The number of carbonyl (C=O) groups excluding carboxylic acids is 1. The molecule has 4 rings (SSSR count). The summed E-state index contributed by atoms with van der Waals surface area (Å²) in [6.45, 7) is 1.09. The zero-order chi connectivity index (χ0) is 20.0. The molecular weight excluding hydrogens is 399 g/mol. The fraction of sp³-hybridized carbons (Fsp3) is 0.238. The van der Waals surface area contributed by atoms with E-state index in [4.69, 9.17) is 27.6 Å². The summed E-state index contributed by atoms with van der Waals surface area (Å²) in [4.78, 5) is 30.1. The molecule has 0 radical (unpaired) electrons. The lowest BCUT2D eigenvalue weighted by atomic mass is 9.98. The number of benzene rings is 2. The highest BCUT2D eigenvalue weighted by molar-refractivity contribution is 6.42. The van der Waals surface area contributed by atoms with Crippen molar-refractivity contribution in [1.29, 1.82) is 0 Å². The number of fused-ring (bicyclic) bond motifs is 2. The molecule has 0 saturated carbocycles. The van der Waals surface area contributed by atoms with Crippen molar-refractivity contribution in [1.82, 2.24) is 9.80 Å². The first-order valence-electron chi connectivity index (χ1n) is 8.85. The second-order valence-electron chi connectivity index (χ2n) is 7.05. The predicted molar refractivity (Wildman–Crippen MR) is 110 cm³/mol. The Kier molecular flexibility index (Phi) is 4.91. The highest BCUT2D eigenvalue weighted by atomic mass is 35.5. The summed E-state index contributed by atoms with van der Waals surface area (Å²) < 4.78 is 5.88. The van der Waals surface area contributed by atoms with Crippen LogP contribution in [-0.4, -0.2) is 42.9 Å². The van der Waals surface area contributed by atoms with Crippen molar-refractivity contribution < 1.29 is 9.21 Å². The van der Waals surface area contributed by atoms with E-state index < -0.39 is 6.04 Å². The molecule has 2 heterocycles. The van der Waals surface area contributed by atoms with Crippen LogP contribution in [0.2, 0.25) is 10.0 Å². The summed E-state index contributed by atoms with van der Waals surface area (Å²) in [7, 11) is 3.86. The molecular formula is C21H18Cl2N2O3. The molecule has 0 aliphatic carbocycles. The molecule has 0 N–H and O–H groups in total. The number of para-hydroxylation sites is 1. The lowest BCUT2D eigenvalue weighted by molar-refractivity contribution is 0.0716. The first-order valence-corrected chi connectivity index (χ1v) is 9.60. The molecule has 1 aromatic heterocycles. The van der Waals surface area contributed by atoms with Crippen molar-refractivity contribution in [2.24, 2.45) is 0 Å². The second kappa shape index (κ2) is 7.24. The maximum absolute atomic E-state index is 13.3. The van der Waals surface area contributed by atoms with Crippen LogP contribution in [0, 0.1) is 0 Å². The molecule has 0 saturated heterocycles. The maximum Gasteiger partial charge on any atom is 0.290 e. The van der Waals surface area contributed by atoms with Gasteiger partial charge in [0.25, 0.3) is 5.91 Å². The van der Waals surface area contributed by atoms with E-state index in [9.17, 15) is 9.59 Å². The van der Waals surface area contributed by atoms with Crippen LogP contribution in [0.15, 0.2) is 51.7 Å². The predicted octanol–water partition coefficient (Wildman–Crippen LogP) is 4.21. The first kappa shape index (κ1) is 19.0. The minimum atomic E-state index is -0.571. The van der Waals surface area contributed by atoms with E-state index in [1.807, 2.05) is 19.0 Å². The van der Waals surface area contributed by atoms with Crippen molar-refractivity contribution in [2.45, 2.75) is 6.04 Å². The minimum Gasteiger partial charge on any atom is -0.450 e. The molecule has 1 amide bonds. The Morgan fingerprint density at radius 3 is 2.54 bits per heavy atom. The van der Waals surface area contributed by atoms with Crippen molar-refractivity contribution in [3.63, 3.8) is 0 Å². The van der Waals surface area contributed by atoms with Crippen LogP contribution >= 0.6 is 23.2 Å². The molecule has 0 spiro atoms. The number of carbonyl (C=O) groups is 1. The number of likely N-dealkylation sites (N-methyl/N-ethyl adjacent to an activating group) is 1. The summed E-state index contributed by atoms with van der Waals surface area (Å²) in [6, 6.07) is 11.6. The van der Waals surface area contributed by atoms with Crippen LogP contribution in [0.1, 0.15) is 27.7 Å². The van der Waals surface area contributed by atoms with Crippen LogP contribution in [0.4, 0.5) is 0 Å². The van der Waals surface area contributed by atoms with E-state index in [2.05, 4.69) is 0 Å². The SMILES string of the molecule is CN(C)CCN1C(=O)c2oc3ccccc3c(=O)c2[C@H]1c1ccc(Cl)c(Cl)c1. The fourth-order valence-corrected chi connectivity index (χ4v) is 3.84. The fourth-order valence-electron chi connectivity index (χ4n) is 3.53. The van der Waals surface area contributed by atoms with E-state index in [-0.39, 0.29) is 17.1 Å². The van der Waals surface area contributed by atoms with Gasteiger partial charge in [0.15, 0.2) is 5.43 Å². The van der Waals surface area contributed by atoms with Gasteiger partial charge in [-0.05, 0) is 43.9 Å². The highest BCUT2D eigenvalue weighted by Gasteiger charge is 2.42. The van der Waals surface area contributed by atoms with Gasteiger partial charge in [-0.3, -0.25) is 9.59 Å². The second-order valence-corrected chi connectivity index (χ2v) is 7.86. The van der Waals surface area contributed by atoms with Gasteiger partial charge in [-0.1, -0.05) is 41.4 Å². The number of halogens is 2. The molecule has 5 nitrogen and oxygen atoms in total. The molecule has 2 aromatic carbocycles. The normalized spacial score (nSPS) is 16.2. The summed E-state index contributed by atoms with van der Waals surface area (Å²) in [6.07, 6.45) is 0. The van der Waals surface area contributed by atoms with Gasteiger partial charge in [-0.2, -0.15) is 0 Å². The molecule has 0 bridgehead atoms. The zero-order valence-electron chi connectivity index (χ0n) is 15.4. The largest absolute Gasteiger partial charge is 0.450 e. The van der Waals surface area contributed by atoms with Gasteiger partial charge in [0, 0.05) is 13.1 Å². The number of hydrogen-bond acceptors (Lipinski definition) is 4. The Bertz CT molecular complexity index is 1140. The van der Waals surface area contributed by atoms with Gasteiger partial charge in [-0.25, -0.2) is 0 Å². The highest BCUT2D eigenvalue weighted by Crippen LogP contribution is 2.39. The molecule has 3 aromatic rings. The van der Waals surface area contributed by atoms with E-state index in [1.54, 1.807) is 47.4 Å². The average Bonchev–Trinajstić information content (AvgIpc) is 2.95. The Labute approximate surface area is 172 Å². The van der Waals surface area contributed by atoms with Gasteiger partial charge < -0.3 is 14.2 Å². The third-order valence-corrected chi connectivity index (χ3v) is 5.66. The summed E-state index contributed by atoms with van der Waals surface area (Å²) in [5, 5.41) is 1.24. The molecule has 0 unspecified atom stereocenters. The Hall–Kier alpha value is -2.34. The van der Waals surface area contributed by atoms with Crippen molar-refractivity contribution in [3.8, 4) is 0 Å². The average molecular weight is 417 g/mol. The lowest BCUT2D eigenvalue weighted by Crippen LogP contribution is -2.35. The van der Waals surface area contributed by atoms with Gasteiger partial charge >= 0.3 is 0 Å². The number of amides is 1. The first-order chi connectivity index (χ1) is 13.4. The van der Waals surface area contributed by atoms with Gasteiger partial charge in [0.05, 0.1) is 27.0 Å². The van der Waals surface area contributed by atoms with Gasteiger partial charge in [0.1, 0.15) is 5.58 Å². The number of nitrogens with zero attached hydrogens (tertiary/aromatic N) is 2. The standard InChI is InChI=1S/C21H18Cl2N2O3/c1-24(2)9-10-25-18(12-7-8-14(22)15(23)11-12)17-19(26)13-5-3-4-6-16(13)28-20(17)21(25)27/h3-8,11,18H,9-10H2,1-2H3/t18-/m1/s1. The third-order valence-electron chi connectivity index (χ3n) is 4.92. The van der Waals surface area contributed by atoms with E-state index in [1.165, 1.54) is 0 Å². The van der Waals surface area contributed by atoms with Crippen molar-refractivity contribution in [3.05, 3.63) is 79.6 Å². The van der Waals surface area contributed by atoms with E-state index in [0.29, 0.717) is 39.7 Å². The quantitative estimate of drug-likeness (QED) is 0.639. The van der Waals surface area contributed by atoms with E-state index in [0.717, 1.165) is 5.56 Å². The molecule has 7 heteroatoms. The smallest absolute Gasteiger partial charge is 0.290 e. The molecule has 28 heavy (non-hydrogen) atoms. The van der Waals surface area contributed by atoms with Crippen LogP contribution < -0.4 is 5.43 Å². The van der Waals surface area contributed by atoms with Crippen LogP contribution in [0.25, 0.3) is 11.0 Å². The van der Waals surface area contributed by atoms with E-state index >= 15 is 0 Å². The summed E-state index contributed by atoms with van der Waals surface area (Å²) in [5.41, 5.74) is 1.28. The molecule has 144 valence electrons. The van der Waals surface area contributed by atoms with Crippen LogP contribution in [-0.2, 0) is 0 Å². The topological polar surface area (TPSA) is 53.8 Å². The van der Waals surface area contributed by atoms with Crippen LogP contribution in [0.5, 0.6) is 0 Å². The molecule has 0 fully saturated rings. The summed E-state index contributed by atoms with van der Waals surface area (Å²) in [5.74, 6) is -0.200. The Morgan fingerprint density at radius 1 is 1.07 bits per heavy atom. The molecule has 1 aliphatic rings. The summed E-state index contributed by atoms with van der Waals surface area (Å²) >= 11 is 12.3. The molecule has 1 atom stereocenters. The molecule has 1 aliphatic heterocycles. The maximum atomic E-state index is 13.3. The van der Waals surface area contributed by atoms with Gasteiger partial charge in [-0.15, -0.1) is 0 Å². The number of rotatable bonds is 4. The zero-order valence-corrected chi connectivity index (χ0v) is 16.9. The van der Waals surface area contributed by atoms with Crippen molar-refractivity contribution in [2.75, 3.05) is 27.2 Å². The van der Waals surface area contributed by atoms with Gasteiger partial charge in [0.2, 0.25) is 5.76 Å². The Morgan fingerprint density at radius 2 is 1.82 bits per heavy atom.